The first kappa shape index (κ1) is 16.2. The van der Waals surface area contributed by atoms with Gasteiger partial charge in [-0.05, 0) is 24.6 Å². The van der Waals surface area contributed by atoms with E-state index in [0.29, 0.717) is 11.4 Å². The second kappa shape index (κ2) is 7.04. The van der Waals surface area contributed by atoms with Crippen LogP contribution in [0.4, 0.5) is 5.69 Å². The number of hydrogen-bond donors (Lipinski definition) is 4. The molecule has 0 spiro atoms. The zero-order valence-corrected chi connectivity index (χ0v) is 11.1. The number of nitrogens with zero attached hydrogens (tertiary/aromatic N) is 1. The number of hydrogen-bond acceptors (Lipinski definition) is 5. The van der Waals surface area contributed by atoms with Crippen LogP contribution in [0.15, 0.2) is 18.7 Å². The maximum atomic E-state index is 11.9. The third-order valence-corrected chi connectivity index (χ3v) is 2.63. The number of rotatable bonds is 7. The first-order valence-corrected chi connectivity index (χ1v) is 5.99. The number of aliphatic carboxylic acids is 2. The average Bonchev–Trinajstić information content (AvgIpc) is 2.43. The minimum absolute atomic E-state index is 0.0272. The molecule has 5 N–H and O–H groups in total. The zero-order chi connectivity index (χ0) is 16.0. The number of carboxylic acid groups (broad SMARTS) is 2. The van der Waals surface area contributed by atoms with Crippen molar-refractivity contribution in [2.75, 3.05) is 5.73 Å². The molecule has 1 aromatic heterocycles. The Morgan fingerprint density at radius 1 is 1.38 bits per heavy atom. The van der Waals surface area contributed by atoms with Crippen molar-refractivity contribution in [2.45, 2.75) is 18.9 Å². The van der Waals surface area contributed by atoms with Gasteiger partial charge in [-0.15, -0.1) is 0 Å². The van der Waals surface area contributed by atoms with E-state index in [1.165, 1.54) is 18.2 Å². The van der Waals surface area contributed by atoms with Crippen molar-refractivity contribution in [3.63, 3.8) is 0 Å². The van der Waals surface area contributed by atoms with E-state index in [2.05, 4.69) is 16.9 Å². The topological polar surface area (TPSA) is 143 Å². The van der Waals surface area contributed by atoms with Gasteiger partial charge >= 0.3 is 11.9 Å². The van der Waals surface area contributed by atoms with Crippen LogP contribution in [0.5, 0.6) is 0 Å². The summed E-state index contributed by atoms with van der Waals surface area (Å²) in [7, 11) is 0. The number of pyridine rings is 1. The van der Waals surface area contributed by atoms with Crippen molar-refractivity contribution in [3.8, 4) is 0 Å². The Morgan fingerprint density at radius 2 is 2.05 bits per heavy atom. The first-order valence-electron chi connectivity index (χ1n) is 5.99. The Labute approximate surface area is 120 Å². The van der Waals surface area contributed by atoms with E-state index < -0.39 is 23.9 Å². The molecular weight excluding hydrogens is 278 g/mol. The van der Waals surface area contributed by atoms with Gasteiger partial charge in [0.05, 0.1) is 11.4 Å². The normalized spacial score (nSPS) is 11.4. The number of carbonyl (C=O) groups is 3. The van der Waals surface area contributed by atoms with Crippen molar-refractivity contribution in [3.05, 3.63) is 30.1 Å². The van der Waals surface area contributed by atoms with Gasteiger partial charge in [0.25, 0.3) is 5.91 Å². The van der Waals surface area contributed by atoms with Crippen LogP contribution in [0, 0.1) is 0 Å². The lowest BCUT2D eigenvalue weighted by atomic mass is 10.1. The van der Waals surface area contributed by atoms with Crippen LogP contribution < -0.4 is 11.1 Å². The fourth-order valence-electron chi connectivity index (χ4n) is 1.53. The van der Waals surface area contributed by atoms with Crippen LogP contribution in [0.1, 0.15) is 29.0 Å². The standard InChI is InChI=1S/C13H15N3O5/c1-2-8-7(14)3-4-9(15-8)12(19)16-10(13(20)21)5-6-11(17)18/h2-4,10H,1,5-6,14H2,(H,16,19)(H,17,18)(H,20,21). The lowest BCUT2D eigenvalue weighted by molar-refractivity contribution is -0.140. The molecule has 0 aliphatic heterocycles. The third-order valence-electron chi connectivity index (χ3n) is 2.63. The van der Waals surface area contributed by atoms with E-state index in [0.717, 1.165) is 0 Å². The van der Waals surface area contributed by atoms with E-state index in [1.54, 1.807) is 0 Å². The summed E-state index contributed by atoms with van der Waals surface area (Å²) in [6.45, 7) is 3.50. The van der Waals surface area contributed by atoms with Gasteiger partial charge in [-0.1, -0.05) is 6.58 Å². The molecule has 8 nitrogen and oxygen atoms in total. The van der Waals surface area contributed by atoms with E-state index in [4.69, 9.17) is 15.9 Å². The number of carbonyl (C=O) groups excluding carboxylic acids is 1. The summed E-state index contributed by atoms with van der Waals surface area (Å²) in [5.41, 5.74) is 6.22. The van der Waals surface area contributed by atoms with E-state index in [1.807, 2.05) is 0 Å². The summed E-state index contributed by atoms with van der Waals surface area (Å²) in [5.74, 6) is -3.19. The maximum absolute atomic E-state index is 11.9. The molecule has 1 atom stereocenters. The molecule has 0 radical (unpaired) electrons. The molecule has 0 bridgehead atoms. The minimum Gasteiger partial charge on any atom is -0.481 e. The second-order valence-electron chi connectivity index (χ2n) is 4.17. The molecule has 0 aliphatic carbocycles. The highest BCUT2D eigenvalue weighted by Gasteiger charge is 2.22. The highest BCUT2D eigenvalue weighted by atomic mass is 16.4. The Hall–Kier alpha value is -2.90. The van der Waals surface area contributed by atoms with E-state index >= 15 is 0 Å². The monoisotopic (exact) mass is 293 g/mol. The molecular formula is C13H15N3O5. The third kappa shape index (κ3) is 4.60. The molecule has 1 unspecified atom stereocenters. The highest BCUT2D eigenvalue weighted by Crippen LogP contribution is 2.11. The van der Waals surface area contributed by atoms with Crippen molar-refractivity contribution < 1.29 is 24.6 Å². The molecule has 112 valence electrons. The number of amides is 1. The molecule has 1 rings (SSSR count). The molecule has 0 aromatic carbocycles. The van der Waals surface area contributed by atoms with Gasteiger partial charge in [0, 0.05) is 6.42 Å². The van der Waals surface area contributed by atoms with Gasteiger partial charge in [-0.3, -0.25) is 9.59 Å². The Bertz CT molecular complexity index is 585. The van der Waals surface area contributed by atoms with E-state index in [-0.39, 0.29) is 18.5 Å². The predicted molar refractivity (Wildman–Crippen MR) is 74.5 cm³/mol. The molecule has 0 saturated carbocycles. The number of aromatic nitrogens is 1. The molecule has 21 heavy (non-hydrogen) atoms. The highest BCUT2D eigenvalue weighted by molar-refractivity contribution is 5.95. The molecule has 1 heterocycles. The number of anilines is 1. The van der Waals surface area contributed by atoms with Crippen LogP contribution in [0.25, 0.3) is 6.08 Å². The lowest BCUT2D eigenvalue weighted by Crippen LogP contribution is -2.41. The second-order valence-corrected chi connectivity index (χ2v) is 4.17. The fourth-order valence-corrected chi connectivity index (χ4v) is 1.53. The molecule has 0 fully saturated rings. The van der Waals surface area contributed by atoms with Gasteiger partial charge < -0.3 is 21.3 Å². The van der Waals surface area contributed by atoms with Crippen molar-refractivity contribution >= 4 is 29.6 Å². The molecule has 0 saturated heterocycles. The molecule has 8 heteroatoms. The van der Waals surface area contributed by atoms with Crippen LogP contribution in [0.3, 0.4) is 0 Å². The van der Waals surface area contributed by atoms with Crippen molar-refractivity contribution in [1.29, 1.82) is 0 Å². The van der Waals surface area contributed by atoms with Crippen molar-refractivity contribution in [2.24, 2.45) is 0 Å². The first-order chi connectivity index (χ1) is 9.85. The molecule has 1 amide bonds. The smallest absolute Gasteiger partial charge is 0.326 e. The summed E-state index contributed by atoms with van der Waals surface area (Å²) >= 11 is 0. The Morgan fingerprint density at radius 3 is 2.57 bits per heavy atom. The van der Waals surface area contributed by atoms with Gasteiger partial charge in [-0.25, -0.2) is 9.78 Å². The summed E-state index contributed by atoms with van der Waals surface area (Å²) in [5, 5.41) is 19.7. The summed E-state index contributed by atoms with van der Waals surface area (Å²) < 4.78 is 0. The van der Waals surface area contributed by atoms with E-state index in [9.17, 15) is 14.4 Å². The number of carboxylic acids is 2. The van der Waals surface area contributed by atoms with Gasteiger partial charge in [0.2, 0.25) is 0 Å². The van der Waals surface area contributed by atoms with Crippen LogP contribution >= 0.6 is 0 Å². The average molecular weight is 293 g/mol. The minimum atomic E-state index is -1.32. The molecule has 0 aliphatic rings. The Balaban J connectivity index is 2.84. The summed E-state index contributed by atoms with van der Waals surface area (Å²) in [6, 6.07) is 1.49. The van der Waals surface area contributed by atoms with Gasteiger partial charge in [0.1, 0.15) is 11.7 Å². The Kier molecular flexibility index (Phi) is 5.41. The van der Waals surface area contributed by atoms with Crippen LogP contribution in [0.2, 0.25) is 0 Å². The lowest BCUT2D eigenvalue weighted by Gasteiger charge is -2.13. The van der Waals surface area contributed by atoms with Crippen molar-refractivity contribution in [1.82, 2.24) is 10.3 Å². The van der Waals surface area contributed by atoms with Gasteiger partial charge in [-0.2, -0.15) is 0 Å². The zero-order valence-electron chi connectivity index (χ0n) is 11.1. The number of nitrogen functional groups attached to an aromatic ring is 1. The fraction of sp³-hybridized carbons (Fsp3) is 0.231. The van der Waals surface area contributed by atoms with Crippen LogP contribution in [-0.2, 0) is 9.59 Å². The maximum Gasteiger partial charge on any atom is 0.326 e. The van der Waals surface area contributed by atoms with Crippen LogP contribution in [-0.4, -0.2) is 39.1 Å². The SMILES string of the molecule is C=Cc1nc(C(=O)NC(CCC(=O)O)C(=O)O)ccc1N. The summed E-state index contributed by atoms with van der Waals surface area (Å²) in [4.78, 5) is 37.3. The molecule has 1 aromatic rings. The summed E-state index contributed by atoms with van der Waals surface area (Å²) in [6.07, 6.45) is 0.773. The number of nitrogens with two attached hydrogens (primary N) is 1. The quantitative estimate of drug-likeness (QED) is 0.568. The largest absolute Gasteiger partial charge is 0.481 e. The number of nitrogens with one attached hydrogen (secondary N) is 1. The van der Waals surface area contributed by atoms with Gasteiger partial charge in [0.15, 0.2) is 0 Å². The predicted octanol–water partition coefficient (Wildman–Crippen LogP) is 0.355.